The van der Waals surface area contributed by atoms with Gasteiger partial charge in [0.1, 0.15) is 0 Å². The van der Waals surface area contributed by atoms with Gasteiger partial charge < -0.3 is 5.32 Å². The minimum absolute atomic E-state index is 0.688. The normalized spacial score (nSPS) is 19.8. The number of hydrogen-bond acceptors (Lipinski definition) is 4. The summed E-state index contributed by atoms with van der Waals surface area (Å²) in [6.45, 7) is 6.49. The van der Waals surface area contributed by atoms with Crippen LogP contribution in [0.3, 0.4) is 0 Å². The summed E-state index contributed by atoms with van der Waals surface area (Å²) in [5, 5.41) is 3.53. The molecule has 1 atom stereocenters. The van der Waals surface area contributed by atoms with E-state index in [1.54, 1.807) is 0 Å². The highest BCUT2D eigenvalue weighted by Gasteiger charge is 2.22. The molecule has 0 spiro atoms. The van der Waals surface area contributed by atoms with E-state index in [1.807, 2.05) is 30.5 Å². The van der Waals surface area contributed by atoms with Gasteiger partial charge in [0.25, 0.3) is 0 Å². The molecule has 1 aromatic heterocycles. The zero-order valence-electron chi connectivity index (χ0n) is 12.0. The molecule has 0 saturated carbocycles. The number of fused-ring (bicyclic) bond motifs is 1. The van der Waals surface area contributed by atoms with Crippen molar-refractivity contribution in [3.05, 3.63) is 36.2 Å². The maximum Gasteiger partial charge on any atom is 0.0890 e. The first kappa shape index (κ1) is 13.5. The van der Waals surface area contributed by atoms with E-state index in [0.717, 1.165) is 36.4 Å². The van der Waals surface area contributed by atoms with Crippen LogP contribution in [-0.2, 0) is 6.54 Å². The Labute approximate surface area is 120 Å². The Morgan fingerprint density at radius 3 is 3.00 bits per heavy atom. The lowest BCUT2D eigenvalue weighted by Crippen LogP contribution is -2.37. The average molecular weight is 270 g/mol. The molecule has 2 aromatic rings. The lowest BCUT2D eigenvalue weighted by molar-refractivity contribution is 0.259. The Morgan fingerprint density at radius 2 is 2.15 bits per heavy atom. The number of aromatic nitrogens is 2. The molecule has 1 unspecified atom stereocenters. The van der Waals surface area contributed by atoms with E-state index in [2.05, 4.69) is 27.1 Å². The van der Waals surface area contributed by atoms with Crippen LogP contribution in [0.25, 0.3) is 11.0 Å². The van der Waals surface area contributed by atoms with Crippen LogP contribution in [0.4, 0.5) is 0 Å². The number of rotatable bonds is 5. The third kappa shape index (κ3) is 2.97. The third-order valence-corrected chi connectivity index (χ3v) is 4.09. The lowest BCUT2D eigenvalue weighted by atomic mass is 10.2. The average Bonchev–Trinajstić information content (AvgIpc) is 2.95. The number of hydrogen-bond donors (Lipinski definition) is 1. The minimum atomic E-state index is 0.688. The topological polar surface area (TPSA) is 41.0 Å². The summed E-state index contributed by atoms with van der Waals surface area (Å²) >= 11 is 0. The van der Waals surface area contributed by atoms with Gasteiger partial charge in [-0.1, -0.05) is 19.1 Å². The predicted molar refractivity (Wildman–Crippen MR) is 81.5 cm³/mol. The first-order valence-corrected chi connectivity index (χ1v) is 7.52. The Balaban J connectivity index is 1.57. The van der Waals surface area contributed by atoms with Gasteiger partial charge >= 0.3 is 0 Å². The molecular weight excluding hydrogens is 248 g/mol. The van der Waals surface area contributed by atoms with Crippen LogP contribution in [0.5, 0.6) is 0 Å². The highest BCUT2D eigenvalue weighted by atomic mass is 15.2. The highest BCUT2D eigenvalue weighted by Crippen LogP contribution is 2.15. The lowest BCUT2D eigenvalue weighted by Gasteiger charge is -2.22. The second-order valence-corrected chi connectivity index (χ2v) is 5.41. The smallest absolute Gasteiger partial charge is 0.0890 e. The quantitative estimate of drug-likeness (QED) is 0.904. The molecule has 1 N–H and O–H groups in total. The maximum atomic E-state index is 4.64. The van der Waals surface area contributed by atoms with Gasteiger partial charge in [0.05, 0.1) is 22.9 Å². The van der Waals surface area contributed by atoms with Crippen molar-refractivity contribution in [1.29, 1.82) is 0 Å². The van der Waals surface area contributed by atoms with Gasteiger partial charge in [-0.25, -0.2) is 4.98 Å². The molecule has 106 valence electrons. The van der Waals surface area contributed by atoms with Crippen LogP contribution in [0, 0.1) is 0 Å². The molecule has 20 heavy (non-hydrogen) atoms. The van der Waals surface area contributed by atoms with Crippen LogP contribution in [0.15, 0.2) is 30.5 Å². The number of likely N-dealkylation sites (N-methyl/N-ethyl adjacent to an activating group) is 1. The molecule has 1 aromatic carbocycles. The molecular formula is C16H22N4. The summed E-state index contributed by atoms with van der Waals surface area (Å²) in [6.07, 6.45) is 4.52. The van der Waals surface area contributed by atoms with E-state index in [0.29, 0.717) is 6.04 Å². The van der Waals surface area contributed by atoms with Gasteiger partial charge in [0.15, 0.2) is 0 Å². The fourth-order valence-corrected chi connectivity index (χ4v) is 2.99. The Kier molecular flexibility index (Phi) is 4.23. The summed E-state index contributed by atoms with van der Waals surface area (Å²) in [7, 11) is 0. The summed E-state index contributed by atoms with van der Waals surface area (Å²) in [4.78, 5) is 11.6. The molecule has 2 heterocycles. The van der Waals surface area contributed by atoms with Crippen LogP contribution in [0.2, 0.25) is 0 Å². The van der Waals surface area contributed by atoms with E-state index < -0.39 is 0 Å². The zero-order chi connectivity index (χ0) is 13.8. The minimum Gasteiger partial charge on any atom is -0.310 e. The molecule has 4 nitrogen and oxygen atoms in total. The van der Waals surface area contributed by atoms with Crippen molar-refractivity contribution >= 4 is 11.0 Å². The van der Waals surface area contributed by atoms with E-state index in [9.17, 15) is 0 Å². The molecule has 0 bridgehead atoms. The second-order valence-electron chi connectivity index (χ2n) is 5.41. The van der Waals surface area contributed by atoms with Gasteiger partial charge in [-0.15, -0.1) is 0 Å². The van der Waals surface area contributed by atoms with E-state index in [-0.39, 0.29) is 0 Å². The van der Waals surface area contributed by atoms with E-state index in [4.69, 9.17) is 0 Å². The fourth-order valence-electron chi connectivity index (χ4n) is 2.99. The Morgan fingerprint density at radius 1 is 1.30 bits per heavy atom. The van der Waals surface area contributed by atoms with Gasteiger partial charge in [-0.3, -0.25) is 9.88 Å². The van der Waals surface area contributed by atoms with Gasteiger partial charge in [-0.05, 0) is 38.1 Å². The number of para-hydroxylation sites is 2. The number of nitrogens with one attached hydrogen (secondary N) is 1. The molecule has 1 aliphatic rings. The SMILES string of the molecule is CCN1CCCC1CNCc1cnc2ccccc2n1. The van der Waals surface area contributed by atoms with Crippen molar-refractivity contribution in [3.8, 4) is 0 Å². The molecule has 0 aliphatic carbocycles. The van der Waals surface area contributed by atoms with Crippen LogP contribution in [-0.4, -0.2) is 40.5 Å². The summed E-state index contributed by atoms with van der Waals surface area (Å²) in [5.41, 5.74) is 2.96. The number of likely N-dealkylation sites (tertiary alicyclic amines) is 1. The monoisotopic (exact) mass is 270 g/mol. The van der Waals surface area contributed by atoms with E-state index in [1.165, 1.54) is 19.4 Å². The van der Waals surface area contributed by atoms with Crippen LogP contribution >= 0.6 is 0 Å². The Hall–Kier alpha value is -1.52. The predicted octanol–water partition coefficient (Wildman–Crippen LogP) is 2.20. The first-order chi connectivity index (χ1) is 9.86. The van der Waals surface area contributed by atoms with Crippen molar-refractivity contribution in [2.75, 3.05) is 19.6 Å². The molecule has 1 aliphatic heterocycles. The van der Waals surface area contributed by atoms with Gasteiger partial charge in [-0.2, -0.15) is 0 Å². The van der Waals surface area contributed by atoms with Crippen LogP contribution in [0.1, 0.15) is 25.5 Å². The maximum absolute atomic E-state index is 4.64. The zero-order valence-corrected chi connectivity index (χ0v) is 12.0. The van der Waals surface area contributed by atoms with Gasteiger partial charge in [0, 0.05) is 19.1 Å². The van der Waals surface area contributed by atoms with Crippen molar-refractivity contribution in [2.24, 2.45) is 0 Å². The molecule has 0 radical (unpaired) electrons. The Bertz CT molecular complexity index is 569. The van der Waals surface area contributed by atoms with Crippen molar-refractivity contribution in [1.82, 2.24) is 20.2 Å². The number of benzene rings is 1. The van der Waals surface area contributed by atoms with Crippen molar-refractivity contribution < 1.29 is 0 Å². The summed E-state index contributed by atoms with van der Waals surface area (Å²) < 4.78 is 0. The van der Waals surface area contributed by atoms with Crippen LogP contribution < -0.4 is 5.32 Å². The molecule has 3 rings (SSSR count). The van der Waals surface area contributed by atoms with Crippen molar-refractivity contribution in [3.63, 3.8) is 0 Å². The van der Waals surface area contributed by atoms with E-state index >= 15 is 0 Å². The fraction of sp³-hybridized carbons (Fsp3) is 0.500. The summed E-state index contributed by atoms with van der Waals surface area (Å²) in [5.74, 6) is 0. The summed E-state index contributed by atoms with van der Waals surface area (Å²) in [6, 6.07) is 8.70. The molecule has 0 amide bonds. The molecule has 4 heteroatoms. The highest BCUT2D eigenvalue weighted by molar-refractivity contribution is 5.73. The largest absolute Gasteiger partial charge is 0.310 e. The molecule has 1 fully saturated rings. The van der Waals surface area contributed by atoms with Gasteiger partial charge in [0.2, 0.25) is 0 Å². The standard InChI is InChI=1S/C16H22N4/c1-2-20-9-5-6-14(20)12-17-10-13-11-18-15-7-3-4-8-16(15)19-13/h3-4,7-8,11,14,17H,2,5-6,9-10,12H2,1H3. The number of nitrogens with zero attached hydrogens (tertiary/aromatic N) is 3. The van der Waals surface area contributed by atoms with Crippen molar-refractivity contribution in [2.45, 2.75) is 32.4 Å². The molecule has 1 saturated heterocycles. The third-order valence-electron chi connectivity index (χ3n) is 4.09. The second kappa shape index (κ2) is 6.29. The first-order valence-electron chi connectivity index (χ1n) is 7.52.